The standard InChI is InChI=1S/C25H28F3N3O5S3/c1-24(32,25(26,27)28)20-9-11-21(12-10-20)31-14-13-30(39(35,36)23-8-5-15-37-23)17-22(31)16-29-38(33,34)18-19-6-3-2-4-7-19/h2-12,15,22,29,32H,13-14,16-18H2,1H3/t22-,24+/m1/s1. The van der Waals surface area contributed by atoms with Crippen LogP contribution in [-0.4, -0.2) is 64.6 Å². The van der Waals surface area contributed by atoms with Crippen molar-refractivity contribution in [1.82, 2.24) is 9.03 Å². The first kappa shape index (κ1) is 29.5. The third-order valence-electron chi connectivity index (χ3n) is 6.59. The van der Waals surface area contributed by atoms with Gasteiger partial charge in [0.1, 0.15) is 4.21 Å². The molecule has 212 valence electrons. The highest BCUT2D eigenvalue weighted by Crippen LogP contribution is 2.39. The molecule has 2 atom stereocenters. The van der Waals surface area contributed by atoms with Crippen LogP contribution in [0.25, 0.3) is 0 Å². The van der Waals surface area contributed by atoms with E-state index in [0.717, 1.165) is 23.5 Å². The van der Waals surface area contributed by atoms with Crippen LogP contribution in [-0.2, 0) is 31.4 Å². The Hall–Kier alpha value is -2.49. The fourth-order valence-electron chi connectivity index (χ4n) is 4.31. The van der Waals surface area contributed by atoms with Crippen LogP contribution in [0, 0.1) is 0 Å². The largest absolute Gasteiger partial charge is 0.421 e. The molecule has 1 saturated heterocycles. The molecule has 0 radical (unpaired) electrons. The van der Waals surface area contributed by atoms with E-state index in [0.29, 0.717) is 18.2 Å². The van der Waals surface area contributed by atoms with Crippen LogP contribution < -0.4 is 9.62 Å². The molecule has 0 bridgehead atoms. The highest BCUT2D eigenvalue weighted by Gasteiger charge is 2.51. The van der Waals surface area contributed by atoms with Gasteiger partial charge in [0, 0.05) is 31.9 Å². The Balaban J connectivity index is 1.58. The zero-order chi connectivity index (χ0) is 28.5. The number of thiophene rings is 1. The van der Waals surface area contributed by atoms with E-state index >= 15 is 0 Å². The number of sulfonamides is 2. The summed E-state index contributed by atoms with van der Waals surface area (Å²) in [5.41, 5.74) is -2.35. The highest BCUT2D eigenvalue weighted by atomic mass is 32.2. The van der Waals surface area contributed by atoms with Crippen molar-refractivity contribution < 1.29 is 35.1 Å². The third kappa shape index (κ3) is 6.64. The average molecular weight is 604 g/mol. The van der Waals surface area contributed by atoms with Gasteiger partial charge in [0.25, 0.3) is 10.0 Å². The minimum Gasteiger partial charge on any atom is -0.376 e. The van der Waals surface area contributed by atoms with Gasteiger partial charge in [-0.05, 0) is 41.6 Å². The van der Waals surface area contributed by atoms with Gasteiger partial charge in [-0.3, -0.25) is 0 Å². The molecule has 4 rings (SSSR count). The van der Waals surface area contributed by atoms with Crippen LogP contribution in [0.3, 0.4) is 0 Å². The zero-order valence-electron chi connectivity index (χ0n) is 20.9. The SMILES string of the molecule is C[C@](O)(c1ccc(N2CCN(S(=O)(=O)c3cccs3)C[C@H]2CNS(=O)(=O)Cc2ccccc2)cc1)C(F)(F)F. The number of rotatable bonds is 9. The van der Waals surface area contributed by atoms with E-state index in [1.54, 1.807) is 46.7 Å². The van der Waals surface area contributed by atoms with Gasteiger partial charge in [-0.1, -0.05) is 48.5 Å². The lowest BCUT2D eigenvalue weighted by Gasteiger charge is -2.42. The molecule has 1 aromatic heterocycles. The molecule has 8 nitrogen and oxygen atoms in total. The number of alkyl halides is 3. The molecular formula is C25H28F3N3O5S3. The van der Waals surface area contributed by atoms with E-state index in [4.69, 9.17) is 0 Å². The van der Waals surface area contributed by atoms with Gasteiger partial charge in [-0.2, -0.15) is 17.5 Å². The second-order valence-electron chi connectivity index (χ2n) is 9.35. The van der Waals surface area contributed by atoms with Crippen molar-refractivity contribution in [2.75, 3.05) is 31.1 Å². The fraction of sp³-hybridized carbons (Fsp3) is 0.360. The number of hydrogen-bond donors (Lipinski definition) is 2. The van der Waals surface area contributed by atoms with E-state index in [-0.39, 0.29) is 41.7 Å². The summed E-state index contributed by atoms with van der Waals surface area (Å²) in [6.45, 7) is 0.754. The van der Waals surface area contributed by atoms with Gasteiger partial charge < -0.3 is 10.0 Å². The summed E-state index contributed by atoms with van der Waals surface area (Å²) in [5.74, 6) is -0.265. The quantitative estimate of drug-likeness (QED) is 0.388. The predicted octanol–water partition coefficient (Wildman–Crippen LogP) is 3.52. The maximum absolute atomic E-state index is 13.3. The summed E-state index contributed by atoms with van der Waals surface area (Å²) in [6, 6.07) is 16.2. The minimum absolute atomic E-state index is 0.0455. The summed E-state index contributed by atoms with van der Waals surface area (Å²) >= 11 is 1.08. The number of anilines is 1. The Labute approximate surface area is 229 Å². The Morgan fingerprint density at radius 1 is 0.974 bits per heavy atom. The number of halogens is 3. The molecule has 3 aromatic rings. The van der Waals surface area contributed by atoms with Crippen molar-refractivity contribution in [3.63, 3.8) is 0 Å². The zero-order valence-corrected chi connectivity index (χ0v) is 23.3. The first-order chi connectivity index (χ1) is 18.2. The molecule has 1 aliphatic rings. The summed E-state index contributed by atoms with van der Waals surface area (Å²) in [7, 11) is -7.59. The summed E-state index contributed by atoms with van der Waals surface area (Å²) in [6.07, 6.45) is -4.88. The smallest absolute Gasteiger partial charge is 0.376 e. The van der Waals surface area contributed by atoms with E-state index in [2.05, 4.69) is 4.72 Å². The lowest BCUT2D eigenvalue weighted by Crippen LogP contribution is -2.58. The number of aliphatic hydroxyl groups is 1. The number of nitrogens with one attached hydrogen (secondary N) is 1. The number of nitrogens with zero attached hydrogens (tertiary/aromatic N) is 2. The van der Waals surface area contributed by atoms with Crippen molar-refractivity contribution in [2.45, 2.75) is 34.7 Å². The molecule has 0 unspecified atom stereocenters. The van der Waals surface area contributed by atoms with Crippen molar-refractivity contribution >= 4 is 37.1 Å². The van der Waals surface area contributed by atoms with Gasteiger partial charge in [0.15, 0.2) is 5.60 Å². The highest BCUT2D eigenvalue weighted by molar-refractivity contribution is 7.91. The summed E-state index contributed by atoms with van der Waals surface area (Å²) in [5, 5.41) is 11.6. The summed E-state index contributed by atoms with van der Waals surface area (Å²) in [4.78, 5) is 1.76. The second-order valence-corrected chi connectivity index (χ2v) is 14.3. The fourth-order valence-corrected chi connectivity index (χ4v) is 8.10. The molecule has 14 heteroatoms. The van der Waals surface area contributed by atoms with Crippen LogP contribution in [0.1, 0.15) is 18.1 Å². The number of piperazine rings is 1. The molecule has 2 N–H and O–H groups in total. The Morgan fingerprint density at radius 2 is 1.64 bits per heavy atom. The first-order valence-electron chi connectivity index (χ1n) is 11.9. The van der Waals surface area contributed by atoms with Gasteiger partial charge >= 0.3 is 6.18 Å². The maximum Gasteiger partial charge on any atom is 0.421 e. The molecule has 0 amide bonds. The number of hydrogen-bond acceptors (Lipinski definition) is 7. The third-order valence-corrected chi connectivity index (χ3v) is 11.1. The Kier molecular flexibility index (Phi) is 8.45. The molecule has 39 heavy (non-hydrogen) atoms. The molecule has 1 fully saturated rings. The van der Waals surface area contributed by atoms with Gasteiger partial charge in [0.05, 0.1) is 11.8 Å². The Bertz CT molecular complexity index is 1460. The van der Waals surface area contributed by atoms with E-state index in [9.17, 15) is 35.1 Å². The van der Waals surface area contributed by atoms with Crippen molar-refractivity contribution in [3.05, 3.63) is 83.2 Å². The van der Waals surface area contributed by atoms with Crippen molar-refractivity contribution in [1.29, 1.82) is 0 Å². The van der Waals surface area contributed by atoms with E-state index in [1.165, 1.54) is 22.5 Å². The molecular weight excluding hydrogens is 575 g/mol. The maximum atomic E-state index is 13.3. The van der Waals surface area contributed by atoms with Crippen molar-refractivity contribution in [3.8, 4) is 0 Å². The van der Waals surface area contributed by atoms with Gasteiger partial charge in [-0.25, -0.2) is 21.6 Å². The van der Waals surface area contributed by atoms with E-state index < -0.39 is 37.9 Å². The Morgan fingerprint density at radius 3 is 2.23 bits per heavy atom. The lowest BCUT2D eigenvalue weighted by atomic mass is 9.95. The molecule has 0 spiro atoms. The first-order valence-corrected chi connectivity index (χ1v) is 15.9. The minimum atomic E-state index is -4.88. The van der Waals surface area contributed by atoms with Gasteiger partial charge in [0.2, 0.25) is 10.0 Å². The van der Waals surface area contributed by atoms with Crippen molar-refractivity contribution in [2.24, 2.45) is 0 Å². The normalized spacial score (nSPS) is 19.1. The molecule has 0 aliphatic carbocycles. The molecule has 2 aromatic carbocycles. The predicted molar refractivity (Wildman–Crippen MR) is 143 cm³/mol. The average Bonchev–Trinajstić information content (AvgIpc) is 3.43. The topological polar surface area (TPSA) is 107 Å². The van der Waals surface area contributed by atoms with Crippen LogP contribution in [0.15, 0.2) is 76.3 Å². The second kappa shape index (κ2) is 11.2. The van der Waals surface area contributed by atoms with Crippen LogP contribution >= 0.6 is 11.3 Å². The van der Waals surface area contributed by atoms with Crippen LogP contribution in [0.4, 0.5) is 18.9 Å². The van der Waals surface area contributed by atoms with Gasteiger partial charge in [-0.15, -0.1) is 11.3 Å². The van der Waals surface area contributed by atoms with Crippen LogP contribution in [0.5, 0.6) is 0 Å². The molecule has 1 aliphatic heterocycles. The lowest BCUT2D eigenvalue weighted by molar-refractivity contribution is -0.258. The molecule has 0 saturated carbocycles. The monoisotopic (exact) mass is 603 g/mol. The summed E-state index contributed by atoms with van der Waals surface area (Å²) < 4.78 is 95.8. The van der Waals surface area contributed by atoms with E-state index in [1.807, 2.05) is 0 Å². The molecule has 2 heterocycles. The van der Waals surface area contributed by atoms with Crippen LogP contribution in [0.2, 0.25) is 0 Å². The number of benzene rings is 2.